The average Bonchev–Trinajstić information content (AvgIpc) is 3.47. The summed E-state index contributed by atoms with van der Waals surface area (Å²) >= 11 is 0. The number of fused-ring (bicyclic) bond motifs is 3. The minimum absolute atomic E-state index is 0.174. The Bertz CT molecular complexity index is 1340. The summed E-state index contributed by atoms with van der Waals surface area (Å²) in [6.07, 6.45) is 4.61. The van der Waals surface area contributed by atoms with E-state index in [1.807, 2.05) is 24.3 Å². The fourth-order valence-corrected chi connectivity index (χ4v) is 3.12. The highest BCUT2D eigenvalue weighted by Gasteiger charge is 2.17. The zero-order valence-electron chi connectivity index (χ0n) is 15.8. The third kappa shape index (κ3) is 3.02. The number of hydrogen-bond acceptors (Lipinski definition) is 8. The van der Waals surface area contributed by atoms with Gasteiger partial charge < -0.3 is 13.9 Å². The Morgan fingerprint density at radius 3 is 2.70 bits per heavy atom. The van der Waals surface area contributed by atoms with Crippen LogP contribution in [-0.2, 0) is 11.3 Å². The van der Waals surface area contributed by atoms with Crippen LogP contribution in [0.1, 0.15) is 16.1 Å². The van der Waals surface area contributed by atoms with E-state index >= 15 is 0 Å². The van der Waals surface area contributed by atoms with Crippen LogP contribution < -0.4 is 4.74 Å². The molecule has 5 rings (SSSR count). The van der Waals surface area contributed by atoms with Gasteiger partial charge >= 0.3 is 5.97 Å². The van der Waals surface area contributed by atoms with E-state index in [9.17, 15) is 4.79 Å². The summed E-state index contributed by atoms with van der Waals surface area (Å²) < 4.78 is 17.5. The monoisotopic (exact) mass is 401 g/mol. The smallest absolute Gasteiger partial charge is 0.339 e. The first-order valence-corrected chi connectivity index (χ1v) is 9.07. The third-order valence-electron chi connectivity index (χ3n) is 4.61. The molecule has 0 aliphatic heterocycles. The van der Waals surface area contributed by atoms with Crippen molar-refractivity contribution in [2.45, 2.75) is 6.61 Å². The highest BCUT2D eigenvalue weighted by Crippen LogP contribution is 2.29. The standard InChI is InChI=1S/C21H15N5O4/c1-28-21(27)13-6-7-15(22-10-13)12-30-20-17-5-3-2-4-16(17)19-24-23-18(26(19)25-20)14-8-9-29-11-14/h2-11H,12H2,1H3. The number of methoxy groups -OCH3 is 1. The molecule has 0 aliphatic carbocycles. The Hall–Kier alpha value is -4.27. The zero-order valence-corrected chi connectivity index (χ0v) is 15.8. The largest absolute Gasteiger partial charge is 0.472 e. The molecular weight excluding hydrogens is 386 g/mol. The highest BCUT2D eigenvalue weighted by molar-refractivity contribution is 5.97. The van der Waals surface area contributed by atoms with Gasteiger partial charge in [-0.05, 0) is 24.3 Å². The summed E-state index contributed by atoms with van der Waals surface area (Å²) in [6, 6.07) is 12.8. The van der Waals surface area contributed by atoms with E-state index in [4.69, 9.17) is 9.15 Å². The molecule has 148 valence electrons. The number of hydrogen-bond donors (Lipinski definition) is 0. The summed E-state index contributed by atoms with van der Waals surface area (Å²) in [4.78, 5) is 15.8. The van der Waals surface area contributed by atoms with Gasteiger partial charge in [-0.2, -0.15) is 4.52 Å². The quantitative estimate of drug-likeness (QED) is 0.413. The zero-order chi connectivity index (χ0) is 20.5. The van der Waals surface area contributed by atoms with E-state index in [1.54, 1.807) is 35.2 Å². The molecule has 0 N–H and O–H groups in total. The maximum absolute atomic E-state index is 11.6. The fourth-order valence-electron chi connectivity index (χ4n) is 3.12. The average molecular weight is 401 g/mol. The first-order chi connectivity index (χ1) is 14.7. The van der Waals surface area contributed by atoms with Crippen molar-refractivity contribution in [1.29, 1.82) is 0 Å². The van der Waals surface area contributed by atoms with Crippen LogP contribution in [0.3, 0.4) is 0 Å². The number of rotatable bonds is 5. The molecule has 0 saturated carbocycles. The maximum atomic E-state index is 11.6. The van der Waals surface area contributed by atoms with Crippen molar-refractivity contribution in [3.63, 3.8) is 0 Å². The Balaban J connectivity index is 1.53. The van der Waals surface area contributed by atoms with Crippen LogP contribution in [0.2, 0.25) is 0 Å². The molecule has 4 heterocycles. The van der Waals surface area contributed by atoms with Crippen LogP contribution in [0.5, 0.6) is 5.88 Å². The minimum atomic E-state index is -0.438. The van der Waals surface area contributed by atoms with Gasteiger partial charge in [-0.25, -0.2) is 4.79 Å². The van der Waals surface area contributed by atoms with Crippen molar-refractivity contribution < 1.29 is 18.7 Å². The van der Waals surface area contributed by atoms with Gasteiger partial charge in [0.05, 0.1) is 30.2 Å². The van der Waals surface area contributed by atoms with Gasteiger partial charge in [-0.1, -0.05) is 18.2 Å². The number of carbonyl (C=O) groups is 1. The second kappa shape index (κ2) is 7.28. The Morgan fingerprint density at radius 2 is 1.97 bits per heavy atom. The van der Waals surface area contributed by atoms with Gasteiger partial charge in [-0.3, -0.25) is 4.98 Å². The van der Waals surface area contributed by atoms with Crippen LogP contribution in [0, 0.1) is 0 Å². The molecule has 0 fully saturated rings. The van der Waals surface area contributed by atoms with E-state index in [2.05, 4.69) is 25.0 Å². The van der Waals surface area contributed by atoms with Crippen molar-refractivity contribution in [1.82, 2.24) is 24.8 Å². The van der Waals surface area contributed by atoms with E-state index < -0.39 is 5.97 Å². The molecule has 9 heteroatoms. The number of benzene rings is 1. The van der Waals surface area contributed by atoms with Crippen LogP contribution >= 0.6 is 0 Å². The van der Waals surface area contributed by atoms with Crippen LogP contribution in [0.25, 0.3) is 27.8 Å². The lowest BCUT2D eigenvalue weighted by atomic mass is 10.2. The van der Waals surface area contributed by atoms with Crippen LogP contribution in [-0.4, -0.2) is 37.9 Å². The topological polar surface area (TPSA) is 105 Å². The number of esters is 1. The maximum Gasteiger partial charge on any atom is 0.339 e. The van der Waals surface area contributed by atoms with Crippen LogP contribution in [0.15, 0.2) is 65.6 Å². The molecule has 0 amide bonds. The number of carbonyl (C=O) groups excluding carboxylic acids is 1. The molecule has 4 aromatic heterocycles. The van der Waals surface area contributed by atoms with Crippen LogP contribution in [0.4, 0.5) is 0 Å². The Morgan fingerprint density at radius 1 is 1.10 bits per heavy atom. The molecule has 0 aliphatic rings. The van der Waals surface area contributed by atoms with Gasteiger partial charge in [0, 0.05) is 17.0 Å². The Labute approximate surface area is 169 Å². The SMILES string of the molecule is COC(=O)c1ccc(COc2nn3c(-c4ccoc4)nnc3c3ccccc23)nc1. The van der Waals surface area contributed by atoms with Gasteiger partial charge in [0.2, 0.25) is 5.88 Å². The molecule has 30 heavy (non-hydrogen) atoms. The lowest BCUT2D eigenvalue weighted by molar-refractivity contribution is 0.0600. The molecule has 0 unspecified atom stereocenters. The molecule has 1 aromatic carbocycles. The lowest BCUT2D eigenvalue weighted by Gasteiger charge is -2.10. The number of nitrogens with zero attached hydrogens (tertiary/aromatic N) is 5. The molecule has 9 nitrogen and oxygen atoms in total. The van der Waals surface area contributed by atoms with E-state index in [0.717, 1.165) is 16.3 Å². The van der Waals surface area contributed by atoms with Crippen molar-refractivity contribution in [2.24, 2.45) is 0 Å². The predicted octanol–water partition coefficient (Wildman–Crippen LogP) is 3.30. The highest BCUT2D eigenvalue weighted by atomic mass is 16.5. The summed E-state index contributed by atoms with van der Waals surface area (Å²) in [5, 5.41) is 14.8. The lowest BCUT2D eigenvalue weighted by Crippen LogP contribution is -2.06. The molecule has 0 spiro atoms. The molecule has 5 aromatic rings. The first-order valence-electron chi connectivity index (χ1n) is 9.07. The molecule has 0 atom stereocenters. The number of aromatic nitrogens is 5. The van der Waals surface area contributed by atoms with E-state index in [-0.39, 0.29) is 6.61 Å². The Kier molecular flexibility index (Phi) is 4.32. The number of ether oxygens (including phenoxy) is 2. The van der Waals surface area contributed by atoms with Crippen molar-refractivity contribution in [3.8, 4) is 17.3 Å². The summed E-state index contributed by atoms with van der Waals surface area (Å²) in [5.41, 5.74) is 2.40. The summed E-state index contributed by atoms with van der Waals surface area (Å²) in [5.74, 6) is 0.531. The van der Waals surface area contributed by atoms with Crippen molar-refractivity contribution in [2.75, 3.05) is 7.11 Å². The molecule has 0 bridgehead atoms. The van der Waals surface area contributed by atoms with Gasteiger partial charge in [0.15, 0.2) is 11.5 Å². The molecule has 0 radical (unpaired) electrons. The third-order valence-corrected chi connectivity index (χ3v) is 4.61. The van der Waals surface area contributed by atoms with Gasteiger partial charge in [-0.15, -0.1) is 15.3 Å². The summed E-state index contributed by atoms with van der Waals surface area (Å²) in [7, 11) is 1.33. The van der Waals surface area contributed by atoms with E-state index in [0.29, 0.717) is 28.6 Å². The second-order valence-corrected chi connectivity index (χ2v) is 6.44. The number of pyridine rings is 1. The molecule has 0 saturated heterocycles. The predicted molar refractivity (Wildman–Crippen MR) is 106 cm³/mol. The van der Waals surface area contributed by atoms with E-state index in [1.165, 1.54) is 13.3 Å². The summed E-state index contributed by atoms with van der Waals surface area (Å²) in [6.45, 7) is 0.174. The molecular formula is C21H15N5O4. The van der Waals surface area contributed by atoms with Gasteiger partial charge in [0.1, 0.15) is 12.9 Å². The van der Waals surface area contributed by atoms with Crippen molar-refractivity contribution in [3.05, 3.63) is 72.4 Å². The number of furan rings is 1. The van der Waals surface area contributed by atoms with Crippen molar-refractivity contribution >= 4 is 22.4 Å². The minimum Gasteiger partial charge on any atom is -0.472 e. The first kappa shape index (κ1) is 17.8. The second-order valence-electron chi connectivity index (χ2n) is 6.44. The van der Waals surface area contributed by atoms with Gasteiger partial charge in [0.25, 0.3) is 0 Å². The fraction of sp³-hybridized carbons (Fsp3) is 0.0952. The normalized spacial score (nSPS) is 11.1.